The fraction of sp³-hybridized carbons (Fsp3) is 0.650. The maximum absolute atomic E-state index is 12.9. The summed E-state index contributed by atoms with van der Waals surface area (Å²) in [5, 5.41) is 3.21. The Kier molecular flexibility index (Phi) is 7.02. The van der Waals surface area contributed by atoms with Crippen molar-refractivity contribution >= 4 is 33.2 Å². The van der Waals surface area contributed by atoms with E-state index in [0.29, 0.717) is 29.7 Å². The zero-order valence-electron chi connectivity index (χ0n) is 16.7. The summed E-state index contributed by atoms with van der Waals surface area (Å²) in [5.74, 6) is 0.587. The highest BCUT2D eigenvalue weighted by molar-refractivity contribution is 7.89. The van der Waals surface area contributed by atoms with Crippen LogP contribution in [0, 0.1) is 5.92 Å². The van der Waals surface area contributed by atoms with Crippen molar-refractivity contribution in [2.75, 3.05) is 31.5 Å². The van der Waals surface area contributed by atoms with Crippen LogP contribution >= 0.6 is 11.6 Å². The summed E-state index contributed by atoms with van der Waals surface area (Å²) in [5.41, 5.74) is 0.362. The minimum atomic E-state index is -3.57. The molecule has 1 aromatic carbocycles. The largest absolute Gasteiger partial charge is 0.325 e. The normalized spacial score (nSPS) is 25.2. The summed E-state index contributed by atoms with van der Waals surface area (Å²) >= 11 is 6.26. The molecule has 2 aliphatic rings. The molecule has 2 fully saturated rings. The standard InChI is InChI=1S/C20H30ClN3O3S/c1-15-8-12-23(13-9-15)16(2)20(25)22-19-14-17(6-7-18(19)21)28(26,27)24-10-4-3-5-11-24/h6-7,14-16H,3-5,8-13H2,1-2H3,(H,22,25)/p+1/t16-/m0/s1. The van der Waals surface area contributed by atoms with Gasteiger partial charge in [0, 0.05) is 13.1 Å². The monoisotopic (exact) mass is 428 g/mol. The number of quaternary nitrogens is 1. The van der Waals surface area contributed by atoms with Crippen LogP contribution in [0.4, 0.5) is 5.69 Å². The number of anilines is 1. The van der Waals surface area contributed by atoms with Crippen LogP contribution in [0.15, 0.2) is 23.1 Å². The molecule has 3 rings (SSSR count). The Morgan fingerprint density at radius 3 is 2.50 bits per heavy atom. The number of halogens is 1. The zero-order chi connectivity index (χ0) is 20.3. The van der Waals surface area contributed by atoms with Crippen molar-refractivity contribution in [2.24, 2.45) is 5.92 Å². The summed E-state index contributed by atoms with van der Waals surface area (Å²) in [6, 6.07) is 4.35. The molecule has 0 aromatic heterocycles. The molecule has 2 aliphatic heterocycles. The van der Waals surface area contributed by atoms with Gasteiger partial charge in [-0.1, -0.05) is 24.9 Å². The number of carbonyl (C=O) groups is 1. The summed E-state index contributed by atoms with van der Waals surface area (Å²) < 4.78 is 27.3. The molecule has 1 amide bonds. The molecular formula is C20H31ClN3O3S+. The Morgan fingerprint density at radius 1 is 1.21 bits per heavy atom. The number of carbonyl (C=O) groups excluding carboxylic acids is 1. The van der Waals surface area contributed by atoms with E-state index in [4.69, 9.17) is 11.6 Å². The number of nitrogens with one attached hydrogen (secondary N) is 2. The van der Waals surface area contributed by atoms with E-state index in [1.54, 1.807) is 6.07 Å². The number of rotatable bonds is 5. The molecule has 0 saturated carbocycles. The van der Waals surface area contributed by atoms with Crippen molar-refractivity contribution in [3.63, 3.8) is 0 Å². The van der Waals surface area contributed by atoms with E-state index in [2.05, 4.69) is 12.2 Å². The number of hydrogen-bond donors (Lipinski definition) is 2. The molecule has 0 spiro atoms. The number of likely N-dealkylation sites (tertiary alicyclic amines) is 1. The van der Waals surface area contributed by atoms with Gasteiger partial charge in [-0.15, -0.1) is 0 Å². The molecule has 1 atom stereocenters. The predicted molar refractivity (Wildman–Crippen MR) is 111 cm³/mol. The van der Waals surface area contributed by atoms with Gasteiger partial charge in [-0.3, -0.25) is 4.79 Å². The third-order valence-corrected chi connectivity index (χ3v) is 8.29. The van der Waals surface area contributed by atoms with E-state index in [-0.39, 0.29) is 16.8 Å². The molecule has 28 heavy (non-hydrogen) atoms. The molecule has 2 heterocycles. The van der Waals surface area contributed by atoms with Crippen LogP contribution in [0.1, 0.15) is 46.0 Å². The van der Waals surface area contributed by atoms with Gasteiger partial charge >= 0.3 is 0 Å². The number of sulfonamides is 1. The highest BCUT2D eigenvalue weighted by Crippen LogP contribution is 2.28. The Balaban J connectivity index is 1.73. The number of piperidine rings is 2. The first-order valence-electron chi connectivity index (χ1n) is 10.2. The van der Waals surface area contributed by atoms with Gasteiger partial charge in [0.15, 0.2) is 6.04 Å². The van der Waals surface area contributed by atoms with Crippen molar-refractivity contribution in [3.8, 4) is 0 Å². The molecule has 6 nitrogen and oxygen atoms in total. The van der Waals surface area contributed by atoms with Crippen molar-refractivity contribution < 1.29 is 18.1 Å². The maximum atomic E-state index is 12.9. The second-order valence-corrected chi connectivity index (χ2v) is 10.5. The van der Waals surface area contributed by atoms with Crippen molar-refractivity contribution in [1.82, 2.24) is 4.31 Å². The van der Waals surface area contributed by atoms with Crippen LogP contribution in [0.3, 0.4) is 0 Å². The minimum absolute atomic E-state index is 0.126. The molecule has 1 aromatic rings. The third-order valence-electron chi connectivity index (χ3n) is 6.07. The first kappa shape index (κ1) is 21.6. The fourth-order valence-electron chi connectivity index (χ4n) is 4.01. The average molecular weight is 429 g/mol. The average Bonchev–Trinajstić information content (AvgIpc) is 2.70. The Morgan fingerprint density at radius 2 is 1.86 bits per heavy atom. The van der Waals surface area contributed by atoms with Gasteiger partial charge in [-0.05, 0) is 56.7 Å². The number of hydrogen-bond acceptors (Lipinski definition) is 3. The lowest BCUT2D eigenvalue weighted by atomic mass is 9.98. The van der Waals surface area contributed by atoms with E-state index < -0.39 is 10.0 Å². The van der Waals surface area contributed by atoms with Crippen molar-refractivity contribution in [3.05, 3.63) is 23.2 Å². The second kappa shape index (κ2) is 9.11. The first-order valence-corrected chi connectivity index (χ1v) is 12.1. The Labute approximate surface area is 173 Å². The lowest BCUT2D eigenvalue weighted by Gasteiger charge is -2.31. The first-order chi connectivity index (χ1) is 13.3. The summed E-state index contributed by atoms with van der Waals surface area (Å²) in [7, 11) is -3.57. The third kappa shape index (κ3) is 4.87. The van der Waals surface area contributed by atoms with Crippen molar-refractivity contribution in [2.45, 2.75) is 56.9 Å². The number of benzene rings is 1. The lowest BCUT2D eigenvalue weighted by molar-refractivity contribution is -0.919. The van der Waals surface area contributed by atoms with E-state index >= 15 is 0 Å². The second-order valence-electron chi connectivity index (χ2n) is 8.16. The van der Waals surface area contributed by atoms with Gasteiger partial charge < -0.3 is 10.2 Å². The summed E-state index contributed by atoms with van der Waals surface area (Å²) in [6.07, 6.45) is 5.06. The van der Waals surface area contributed by atoms with Crippen LogP contribution in [0.5, 0.6) is 0 Å². The molecule has 0 radical (unpaired) electrons. The molecule has 2 N–H and O–H groups in total. The lowest BCUT2D eigenvalue weighted by Crippen LogP contribution is -3.17. The molecule has 2 saturated heterocycles. The Hall–Kier alpha value is -1.15. The highest BCUT2D eigenvalue weighted by atomic mass is 35.5. The van der Waals surface area contributed by atoms with E-state index in [1.807, 2.05) is 6.92 Å². The minimum Gasteiger partial charge on any atom is -0.325 e. The Bertz CT molecular complexity index is 801. The van der Waals surface area contributed by atoms with Crippen LogP contribution in [0.2, 0.25) is 5.02 Å². The number of nitrogens with zero attached hydrogens (tertiary/aromatic N) is 1. The highest BCUT2D eigenvalue weighted by Gasteiger charge is 2.30. The smallest absolute Gasteiger partial charge is 0.282 e. The molecule has 0 aliphatic carbocycles. The van der Waals surface area contributed by atoms with Gasteiger partial charge in [0.2, 0.25) is 10.0 Å². The van der Waals surface area contributed by atoms with Crippen molar-refractivity contribution in [1.29, 1.82) is 0 Å². The fourth-order valence-corrected chi connectivity index (χ4v) is 5.72. The van der Waals surface area contributed by atoms with Gasteiger partial charge in [-0.2, -0.15) is 4.31 Å². The summed E-state index contributed by atoms with van der Waals surface area (Å²) in [4.78, 5) is 14.2. The predicted octanol–water partition coefficient (Wildman–Crippen LogP) is 2.16. The topological polar surface area (TPSA) is 70.9 Å². The molecule has 0 unspecified atom stereocenters. The van der Waals surface area contributed by atoms with Gasteiger partial charge in [0.05, 0.1) is 28.7 Å². The number of amides is 1. The van der Waals surface area contributed by atoms with Crippen LogP contribution < -0.4 is 10.2 Å². The van der Waals surface area contributed by atoms with Crippen LogP contribution in [-0.4, -0.2) is 50.9 Å². The van der Waals surface area contributed by atoms with Gasteiger partial charge in [0.1, 0.15) is 0 Å². The van der Waals surface area contributed by atoms with E-state index in [1.165, 1.54) is 21.3 Å². The van der Waals surface area contributed by atoms with E-state index in [0.717, 1.165) is 45.2 Å². The molecule has 156 valence electrons. The maximum Gasteiger partial charge on any atom is 0.282 e. The van der Waals surface area contributed by atoms with E-state index in [9.17, 15) is 13.2 Å². The zero-order valence-corrected chi connectivity index (χ0v) is 18.3. The SMILES string of the molecule is CC1CC[NH+]([C@@H](C)C(=O)Nc2cc(S(=O)(=O)N3CCCCC3)ccc2Cl)CC1. The van der Waals surface area contributed by atoms with Gasteiger partial charge in [0.25, 0.3) is 5.91 Å². The van der Waals surface area contributed by atoms with Crippen LogP contribution in [-0.2, 0) is 14.8 Å². The van der Waals surface area contributed by atoms with Gasteiger partial charge in [-0.25, -0.2) is 8.42 Å². The van der Waals surface area contributed by atoms with Crippen LogP contribution in [0.25, 0.3) is 0 Å². The summed E-state index contributed by atoms with van der Waals surface area (Å²) in [6.45, 7) is 7.21. The molecule has 8 heteroatoms. The molecular weight excluding hydrogens is 398 g/mol. The quantitative estimate of drug-likeness (QED) is 0.754. The molecule has 0 bridgehead atoms.